The summed E-state index contributed by atoms with van der Waals surface area (Å²) in [5.41, 5.74) is 2.96. The lowest BCUT2D eigenvalue weighted by atomic mass is 10.1. The van der Waals surface area contributed by atoms with Crippen molar-refractivity contribution in [3.05, 3.63) is 36.3 Å². The Morgan fingerprint density at radius 2 is 2.43 bits per heavy atom. The largest absolute Gasteiger partial charge is 0.381 e. The molecule has 1 aliphatic heterocycles. The molecule has 2 aromatic heterocycles. The number of amides is 1. The van der Waals surface area contributed by atoms with Crippen LogP contribution in [0.3, 0.4) is 0 Å². The molecule has 6 nitrogen and oxygen atoms in total. The van der Waals surface area contributed by atoms with E-state index in [4.69, 9.17) is 4.74 Å². The molecule has 21 heavy (non-hydrogen) atoms. The Morgan fingerprint density at radius 1 is 1.52 bits per heavy atom. The predicted molar refractivity (Wildman–Crippen MR) is 77.2 cm³/mol. The fourth-order valence-electron chi connectivity index (χ4n) is 2.46. The van der Waals surface area contributed by atoms with Gasteiger partial charge in [-0.3, -0.25) is 14.5 Å². The van der Waals surface area contributed by atoms with Gasteiger partial charge in [0.05, 0.1) is 18.2 Å². The summed E-state index contributed by atoms with van der Waals surface area (Å²) in [6.07, 6.45) is 6.13. The monoisotopic (exact) mass is 286 g/mol. The molecule has 1 saturated heterocycles. The average molecular weight is 286 g/mol. The quantitative estimate of drug-likeness (QED) is 0.915. The molecule has 0 bridgehead atoms. The van der Waals surface area contributed by atoms with Crippen LogP contribution in [0.15, 0.2) is 30.7 Å². The number of pyridine rings is 1. The van der Waals surface area contributed by atoms with E-state index in [0.717, 1.165) is 23.2 Å². The van der Waals surface area contributed by atoms with Gasteiger partial charge in [0.25, 0.3) is 0 Å². The number of nitrogens with one attached hydrogen (secondary N) is 1. The Labute approximate surface area is 123 Å². The van der Waals surface area contributed by atoms with Crippen molar-refractivity contribution in [1.29, 1.82) is 0 Å². The van der Waals surface area contributed by atoms with Gasteiger partial charge < -0.3 is 10.1 Å². The molecule has 3 heterocycles. The Hall–Kier alpha value is -2.21. The van der Waals surface area contributed by atoms with Crippen LogP contribution in [0, 0.1) is 5.92 Å². The third kappa shape index (κ3) is 3.11. The maximum Gasteiger partial charge on any atom is 0.225 e. The second-order valence-electron chi connectivity index (χ2n) is 5.20. The van der Waals surface area contributed by atoms with E-state index in [2.05, 4.69) is 15.4 Å². The Kier molecular flexibility index (Phi) is 3.96. The lowest BCUT2D eigenvalue weighted by Crippen LogP contribution is -2.30. The minimum absolute atomic E-state index is 0.0155. The first-order valence-electron chi connectivity index (χ1n) is 7.02. The molecular formula is C15H18N4O2. The Morgan fingerprint density at radius 3 is 3.14 bits per heavy atom. The lowest BCUT2D eigenvalue weighted by molar-refractivity contribution is -0.125. The third-order valence-electron chi connectivity index (χ3n) is 3.68. The fraction of sp³-hybridized carbons (Fsp3) is 0.400. The molecule has 110 valence electrons. The normalized spacial score (nSPS) is 17.9. The van der Waals surface area contributed by atoms with E-state index >= 15 is 0 Å². The number of rotatable bonds is 4. The van der Waals surface area contributed by atoms with Crippen molar-refractivity contribution >= 4 is 5.91 Å². The van der Waals surface area contributed by atoms with Gasteiger partial charge in [-0.2, -0.15) is 5.10 Å². The van der Waals surface area contributed by atoms with Gasteiger partial charge in [0, 0.05) is 44.4 Å². The van der Waals surface area contributed by atoms with Crippen LogP contribution in [0.2, 0.25) is 0 Å². The van der Waals surface area contributed by atoms with Crippen molar-refractivity contribution in [2.45, 2.75) is 13.0 Å². The van der Waals surface area contributed by atoms with Gasteiger partial charge in [-0.25, -0.2) is 0 Å². The van der Waals surface area contributed by atoms with E-state index in [0.29, 0.717) is 19.8 Å². The van der Waals surface area contributed by atoms with Crippen LogP contribution in [0.4, 0.5) is 0 Å². The summed E-state index contributed by atoms with van der Waals surface area (Å²) in [5, 5.41) is 7.10. The van der Waals surface area contributed by atoms with Crippen LogP contribution in [0.5, 0.6) is 0 Å². The highest BCUT2D eigenvalue weighted by molar-refractivity contribution is 5.79. The van der Waals surface area contributed by atoms with Gasteiger partial charge >= 0.3 is 0 Å². The summed E-state index contributed by atoms with van der Waals surface area (Å²) in [7, 11) is 1.89. The lowest BCUT2D eigenvalue weighted by Gasteiger charge is -2.10. The highest BCUT2D eigenvalue weighted by atomic mass is 16.5. The van der Waals surface area contributed by atoms with Crippen molar-refractivity contribution in [3.8, 4) is 11.3 Å². The van der Waals surface area contributed by atoms with Crippen LogP contribution in [-0.4, -0.2) is 33.9 Å². The minimum atomic E-state index is -0.0155. The second kappa shape index (κ2) is 6.05. The van der Waals surface area contributed by atoms with Crippen LogP contribution < -0.4 is 5.32 Å². The summed E-state index contributed by atoms with van der Waals surface area (Å²) in [6, 6.07) is 3.96. The van der Waals surface area contributed by atoms with Crippen LogP contribution in [-0.2, 0) is 23.1 Å². The summed E-state index contributed by atoms with van der Waals surface area (Å²) in [4.78, 5) is 16.2. The van der Waals surface area contributed by atoms with Gasteiger partial charge in [0.1, 0.15) is 0 Å². The van der Waals surface area contributed by atoms with Crippen molar-refractivity contribution in [2.24, 2.45) is 13.0 Å². The first kappa shape index (κ1) is 13.8. The zero-order valence-electron chi connectivity index (χ0n) is 12.0. The van der Waals surface area contributed by atoms with E-state index in [1.54, 1.807) is 23.3 Å². The first-order chi connectivity index (χ1) is 10.2. The Bertz CT molecular complexity index is 632. The van der Waals surface area contributed by atoms with E-state index < -0.39 is 0 Å². The smallest absolute Gasteiger partial charge is 0.225 e. The highest BCUT2D eigenvalue weighted by Crippen LogP contribution is 2.18. The maximum atomic E-state index is 12.0. The highest BCUT2D eigenvalue weighted by Gasteiger charge is 2.23. The minimum Gasteiger partial charge on any atom is -0.381 e. The van der Waals surface area contributed by atoms with Crippen molar-refractivity contribution < 1.29 is 9.53 Å². The number of aromatic nitrogens is 3. The molecule has 1 amide bonds. The second-order valence-corrected chi connectivity index (χ2v) is 5.20. The van der Waals surface area contributed by atoms with E-state index in [9.17, 15) is 4.79 Å². The molecule has 0 radical (unpaired) electrons. The molecule has 6 heteroatoms. The molecule has 3 rings (SSSR count). The van der Waals surface area contributed by atoms with Crippen LogP contribution >= 0.6 is 0 Å². The molecule has 1 aliphatic rings. The number of hydrogen-bond acceptors (Lipinski definition) is 4. The molecule has 1 atom stereocenters. The molecule has 1 N–H and O–H groups in total. The molecule has 0 spiro atoms. The number of carbonyl (C=O) groups excluding carboxylic acids is 1. The molecule has 0 saturated carbocycles. The topological polar surface area (TPSA) is 69.0 Å². The summed E-state index contributed by atoms with van der Waals surface area (Å²) < 4.78 is 7.03. The SMILES string of the molecule is Cn1nccc1-c1cncc(CNC(=O)C2CCOC2)c1. The molecule has 2 aromatic rings. The number of aryl methyl sites for hydroxylation is 1. The van der Waals surface area contributed by atoms with E-state index in [1.165, 1.54) is 0 Å². The molecule has 0 aliphatic carbocycles. The van der Waals surface area contributed by atoms with Crippen molar-refractivity contribution in [3.63, 3.8) is 0 Å². The van der Waals surface area contributed by atoms with Gasteiger partial charge in [-0.05, 0) is 24.1 Å². The van der Waals surface area contributed by atoms with Crippen LogP contribution in [0.25, 0.3) is 11.3 Å². The van der Waals surface area contributed by atoms with Gasteiger partial charge in [0.2, 0.25) is 5.91 Å². The zero-order valence-corrected chi connectivity index (χ0v) is 12.0. The zero-order chi connectivity index (χ0) is 14.7. The van der Waals surface area contributed by atoms with Gasteiger partial charge in [-0.1, -0.05) is 0 Å². The van der Waals surface area contributed by atoms with E-state index in [1.807, 2.05) is 19.2 Å². The molecule has 1 unspecified atom stereocenters. The molecule has 1 fully saturated rings. The van der Waals surface area contributed by atoms with E-state index in [-0.39, 0.29) is 11.8 Å². The first-order valence-corrected chi connectivity index (χ1v) is 7.02. The molecular weight excluding hydrogens is 268 g/mol. The third-order valence-corrected chi connectivity index (χ3v) is 3.68. The maximum absolute atomic E-state index is 12.0. The molecule has 0 aromatic carbocycles. The Balaban J connectivity index is 1.66. The summed E-state index contributed by atoms with van der Waals surface area (Å²) in [6.45, 7) is 1.68. The fourth-order valence-corrected chi connectivity index (χ4v) is 2.46. The van der Waals surface area contributed by atoms with Gasteiger partial charge in [-0.15, -0.1) is 0 Å². The number of nitrogens with zero attached hydrogens (tertiary/aromatic N) is 3. The van der Waals surface area contributed by atoms with Crippen molar-refractivity contribution in [1.82, 2.24) is 20.1 Å². The predicted octanol–water partition coefficient (Wildman–Crippen LogP) is 1.13. The van der Waals surface area contributed by atoms with Gasteiger partial charge in [0.15, 0.2) is 0 Å². The number of carbonyl (C=O) groups is 1. The number of hydrogen-bond donors (Lipinski definition) is 1. The van der Waals surface area contributed by atoms with Crippen LogP contribution in [0.1, 0.15) is 12.0 Å². The summed E-state index contributed by atoms with van der Waals surface area (Å²) in [5.74, 6) is 0.0386. The number of ether oxygens (including phenoxy) is 1. The van der Waals surface area contributed by atoms with Crippen molar-refractivity contribution in [2.75, 3.05) is 13.2 Å². The summed E-state index contributed by atoms with van der Waals surface area (Å²) >= 11 is 0. The standard InChI is InChI=1S/C15H18N4O2/c1-19-14(2-4-18-19)13-6-11(7-16-9-13)8-17-15(20)12-3-5-21-10-12/h2,4,6-7,9,12H,3,5,8,10H2,1H3,(H,17,20). The average Bonchev–Trinajstić information content (AvgIpc) is 3.16.